The van der Waals surface area contributed by atoms with Crippen molar-refractivity contribution in [2.45, 2.75) is 25.8 Å². The Labute approximate surface area is 90.7 Å². The van der Waals surface area contributed by atoms with Gasteiger partial charge in [0, 0.05) is 13.2 Å². The van der Waals surface area contributed by atoms with Crippen LogP contribution in [0.4, 0.5) is 0 Å². The van der Waals surface area contributed by atoms with Crippen LogP contribution >= 0.6 is 0 Å². The fourth-order valence-electron chi connectivity index (χ4n) is 2.31. The van der Waals surface area contributed by atoms with E-state index in [9.17, 15) is 5.11 Å². The Kier molecular flexibility index (Phi) is 3.44. The molecule has 1 aromatic rings. The zero-order valence-corrected chi connectivity index (χ0v) is 9.22. The maximum atomic E-state index is 9.17. The zero-order valence-electron chi connectivity index (χ0n) is 9.22. The number of furan rings is 1. The third-order valence-electron chi connectivity index (χ3n) is 3.31. The summed E-state index contributed by atoms with van der Waals surface area (Å²) in [5.41, 5.74) is 0. The van der Waals surface area contributed by atoms with Crippen molar-refractivity contribution in [3.05, 3.63) is 24.2 Å². The van der Waals surface area contributed by atoms with E-state index in [1.807, 2.05) is 12.1 Å². The Hall–Kier alpha value is -0.800. The van der Waals surface area contributed by atoms with E-state index in [0.717, 1.165) is 25.3 Å². The van der Waals surface area contributed by atoms with Crippen LogP contribution in [0.3, 0.4) is 0 Å². The van der Waals surface area contributed by atoms with Gasteiger partial charge in [0.1, 0.15) is 5.76 Å². The first-order valence-corrected chi connectivity index (χ1v) is 5.69. The third-order valence-corrected chi connectivity index (χ3v) is 3.31. The number of piperidine rings is 1. The van der Waals surface area contributed by atoms with Gasteiger partial charge < -0.3 is 9.52 Å². The summed E-state index contributed by atoms with van der Waals surface area (Å²) < 4.78 is 5.41. The second kappa shape index (κ2) is 4.81. The van der Waals surface area contributed by atoms with Crippen molar-refractivity contribution in [3.63, 3.8) is 0 Å². The Balaban J connectivity index is 1.98. The minimum Gasteiger partial charge on any atom is -0.468 e. The lowest BCUT2D eigenvalue weighted by Crippen LogP contribution is -2.38. The molecule has 1 N–H and O–H groups in total. The van der Waals surface area contributed by atoms with Crippen molar-refractivity contribution < 1.29 is 9.52 Å². The van der Waals surface area contributed by atoms with E-state index in [1.165, 1.54) is 6.42 Å². The molecule has 0 aliphatic carbocycles. The smallest absolute Gasteiger partial charge is 0.120 e. The molecule has 1 fully saturated rings. The molecule has 0 aromatic carbocycles. The van der Waals surface area contributed by atoms with Crippen molar-refractivity contribution >= 4 is 0 Å². The fourth-order valence-corrected chi connectivity index (χ4v) is 2.31. The highest BCUT2D eigenvalue weighted by atomic mass is 16.3. The molecule has 3 heteroatoms. The molecule has 1 aromatic heterocycles. The van der Waals surface area contributed by atoms with Crippen LogP contribution in [-0.4, -0.2) is 29.7 Å². The van der Waals surface area contributed by atoms with Gasteiger partial charge in [0.25, 0.3) is 0 Å². The first kappa shape index (κ1) is 10.7. The van der Waals surface area contributed by atoms with Gasteiger partial charge in [-0.3, -0.25) is 4.90 Å². The second-order valence-electron chi connectivity index (χ2n) is 4.38. The zero-order chi connectivity index (χ0) is 10.7. The highest BCUT2D eigenvalue weighted by molar-refractivity contribution is 5.03. The number of rotatable bonds is 3. The minimum absolute atomic E-state index is 0.307. The maximum Gasteiger partial charge on any atom is 0.120 e. The van der Waals surface area contributed by atoms with Crippen molar-refractivity contribution in [3.8, 4) is 0 Å². The number of aliphatic hydroxyl groups excluding tert-OH is 1. The molecule has 0 amide bonds. The Bertz CT molecular complexity index is 284. The Morgan fingerprint density at radius 2 is 2.53 bits per heavy atom. The van der Waals surface area contributed by atoms with Gasteiger partial charge in [-0.1, -0.05) is 0 Å². The summed E-state index contributed by atoms with van der Waals surface area (Å²) in [5.74, 6) is 1.46. The monoisotopic (exact) mass is 209 g/mol. The average Bonchev–Trinajstić information content (AvgIpc) is 2.81. The number of aliphatic hydroxyl groups is 1. The average molecular weight is 209 g/mol. The summed E-state index contributed by atoms with van der Waals surface area (Å²) in [6.45, 7) is 4.57. The molecule has 2 heterocycles. The summed E-state index contributed by atoms with van der Waals surface area (Å²) in [5, 5.41) is 9.17. The van der Waals surface area contributed by atoms with E-state index in [0.29, 0.717) is 18.6 Å². The molecule has 0 radical (unpaired) electrons. The standard InChI is InChI=1S/C12H19NO2/c1-10(12-5-3-7-15-12)13-6-2-4-11(8-13)9-14/h3,5,7,10-11,14H,2,4,6,8-9H2,1H3/t10-,11-/m0/s1. The van der Waals surface area contributed by atoms with E-state index in [2.05, 4.69) is 11.8 Å². The molecule has 1 saturated heterocycles. The molecule has 0 spiro atoms. The summed E-state index contributed by atoms with van der Waals surface area (Å²) in [6.07, 6.45) is 4.05. The van der Waals surface area contributed by atoms with Crippen LogP contribution in [0.5, 0.6) is 0 Å². The first-order chi connectivity index (χ1) is 7.31. The van der Waals surface area contributed by atoms with Crippen LogP contribution in [0.1, 0.15) is 31.6 Å². The second-order valence-corrected chi connectivity index (χ2v) is 4.38. The van der Waals surface area contributed by atoms with Crippen LogP contribution in [0.15, 0.2) is 22.8 Å². The molecule has 0 unspecified atom stereocenters. The Morgan fingerprint density at radius 1 is 1.67 bits per heavy atom. The lowest BCUT2D eigenvalue weighted by Gasteiger charge is -2.35. The molecule has 3 nitrogen and oxygen atoms in total. The summed E-state index contributed by atoms with van der Waals surface area (Å²) in [4.78, 5) is 2.39. The number of hydrogen-bond donors (Lipinski definition) is 1. The van der Waals surface area contributed by atoms with Gasteiger partial charge >= 0.3 is 0 Å². The van der Waals surface area contributed by atoms with Crippen LogP contribution in [0.25, 0.3) is 0 Å². The van der Waals surface area contributed by atoms with Gasteiger partial charge in [-0.15, -0.1) is 0 Å². The van der Waals surface area contributed by atoms with Gasteiger partial charge in [-0.25, -0.2) is 0 Å². The number of hydrogen-bond acceptors (Lipinski definition) is 3. The summed E-state index contributed by atoms with van der Waals surface area (Å²) in [7, 11) is 0. The van der Waals surface area contributed by atoms with Gasteiger partial charge in [0.15, 0.2) is 0 Å². The number of nitrogens with zero attached hydrogens (tertiary/aromatic N) is 1. The molecule has 1 aliphatic heterocycles. The molecule has 2 rings (SSSR count). The van der Waals surface area contributed by atoms with Crippen molar-refractivity contribution in [2.24, 2.45) is 5.92 Å². The van der Waals surface area contributed by atoms with Gasteiger partial charge in [-0.05, 0) is 44.4 Å². The number of likely N-dealkylation sites (tertiary alicyclic amines) is 1. The molecule has 15 heavy (non-hydrogen) atoms. The van der Waals surface area contributed by atoms with Crippen LogP contribution in [-0.2, 0) is 0 Å². The highest BCUT2D eigenvalue weighted by Crippen LogP contribution is 2.26. The molecule has 0 saturated carbocycles. The molecule has 84 valence electrons. The van der Waals surface area contributed by atoms with Gasteiger partial charge in [0.2, 0.25) is 0 Å². The van der Waals surface area contributed by atoms with Crippen LogP contribution < -0.4 is 0 Å². The predicted octanol–water partition coefficient (Wildman–Crippen LogP) is 2.04. The van der Waals surface area contributed by atoms with Gasteiger partial charge in [0.05, 0.1) is 12.3 Å². The van der Waals surface area contributed by atoms with E-state index >= 15 is 0 Å². The van der Waals surface area contributed by atoms with Crippen molar-refractivity contribution in [2.75, 3.05) is 19.7 Å². The summed E-state index contributed by atoms with van der Waals surface area (Å²) in [6, 6.07) is 4.28. The molecule has 1 aliphatic rings. The van der Waals surface area contributed by atoms with Crippen molar-refractivity contribution in [1.82, 2.24) is 4.90 Å². The normalized spacial score (nSPS) is 25.3. The third kappa shape index (κ3) is 2.41. The van der Waals surface area contributed by atoms with E-state index in [1.54, 1.807) is 6.26 Å². The Morgan fingerprint density at radius 3 is 3.20 bits per heavy atom. The van der Waals surface area contributed by atoms with Crippen LogP contribution in [0.2, 0.25) is 0 Å². The summed E-state index contributed by atoms with van der Waals surface area (Å²) >= 11 is 0. The molecule has 0 bridgehead atoms. The van der Waals surface area contributed by atoms with E-state index in [-0.39, 0.29) is 0 Å². The molecular weight excluding hydrogens is 190 g/mol. The maximum absolute atomic E-state index is 9.17. The molecular formula is C12H19NO2. The topological polar surface area (TPSA) is 36.6 Å². The van der Waals surface area contributed by atoms with Gasteiger partial charge in [-0.2, -0.15) is 0 Å². The molecule has 2 atom stereocenters. The van der Waals surface area contributed by atoms with Crippen LogP contribution in [0, 0.1) is 5.92 Å². The quantitative estimate of drug-likeness (QED) is 0.827. The van der Waals surface area contributed by atoms with E-state index in [4.69, 9.17) is 4.42 Å². The first-order valence-electron chi connectivity index (χ1n) is 5.69. The van der Waals surface area contributed by atoms with Crippen molar-refractivity contribution in [1.29, 1.82) is 0 Å². The fraction of sp³-hybridized carbons (Fsp3) is 0.667. The lowest BCUT2D eigenvalue weighted by atomic mass is 9.97. The predicted molar refractivity (Wildman–Crippen MR) is 58.5 cm³/mol. The minimum atomic E-state index is 0.307. The highest BCUT2D eigenvalue weighted by Gasteiger charge is 2.24. The lowest BCUT2D eigenvalue weighted by molar-refractivity contribution is 0.0857. The van der Waals surface area contributed by atoms with E-state index < -0.39 is 0 Å². The SMILES string of the molecule is C[C@@H](c1ccco1)N1CCC[C@H](CO)C1. The largest absolute Gasteiger partial charge is 0.468 e.